The fourth-order valence-electron chi connectivity index (χ4n) is 1.78. The smallest absolute Gasteiger partial charge is 0.141 e. The highest BCUT2D eigenvalue weighted by atomic mass is 19.1. The van der Waals surface area contributed by atoms with Crippen LogP contribution in [0, 0.1) is 5.82 Å². The molecule has 0 aliphatic heterocycles. The van der Waals surface area contributed by atoms with Crippen LogP contribution in [0.15, 0.2) is 18.5 Å². The molecule has 0 amide bonds. The minimum atomic E-state index is -0.271. The van der Waals surface area contributed by atoms with E-state index in [0.717, 1.165) is 12.0 Å². The van der Waals surface area contributed by atoms with Crippen molar-refractivity contribution in [2.24, 2.45) is 0 Å². The lowest BCUT2D eigenvalue weighted by atomic mass is 10.1. The van der Waals surface area contributed by atoms with Gasteiger partial charge in [-0.15, -0.1) is 0 Å². The molecule has 0 aliphatic rings. The van der Waals surface area contributed by atoms with Gasteiger partial charge in [-0.3, -0.25) is 4.98 Å². The van der Waals surface area contributed by atoms with E-state index < -0.39 is 0 Å². The Labute approximate surface area is 97.3 Å². The largest absolute Gasteiger partial charge is 0.308 e. The molecular formula is C13H21FN2. The lowest BCUT2D eigenvalue weighted by molar-refractivity contribution is 0.442. The number of hydrogen-bond donors (Lipinski definition) is 1. The zero-order valence-corrected chi connectivity index (χ0v) is 10.3. The summed E-state index contributed by atoms with van der Waals surface area (Å²) in [6.07, 6.45) is 6.54. The van der Waals surface area contributed by atoms with Crippen molar-refractivity contribution in [3.63, 3.8) is 0 Å². The molecule has 1 aromatic heterocycles. The van der Waals surface area contributed by atoms with Gasteiger partial charge in [0.2, 0.25) is 0 Å². The predicted molar refractivity (Wildman–Crippen MR) is 64.7 cm³/mol. The van der Waals surface area contributed by atoms with Crippen LogP contribution in [0.4, 0.5) is 4.39 Å². The third kappa shape index (κ3) is 4.27. The van der Waals surface area contributed by atoms with E-state index >= 15 is 0 Å². The molecule has 2 unspecified atom stereocenters. The molecule has 0 saturated carbocycles. The highest BCUT2D eigenvalue weighted by molar-refractivity contribution is 5.14. The zero-order valence-electron chi connectivity index (χ0n) is 10.3. The number of aromatic nitrogens is 1. The Kier molecular flexibility index (Phi) is 5.39. The quantitative estimate of drug-likeness (QED) is 0.800. The topological polar surface area (TPSA) is 24.9 Å². The second-order valence-corrected chi connectivity index (χ2v) is 4.37. The molecule has 2 atom stereocenters. The summed E-state index contributed by atoms with van der Waals surface area (Å²) in [7, 11) is 0. The van der Waals surface area contributed by atoms with E-state index in [4.69, 9.17) is 0 Å². The Balaban J connectivity index is 2.48. The predicted octanol–water partition coefficient (Wildman–Crippen LogP) is 3.45. The van der Waals surface area contributed by atoms with Gasteiger partial charge in [0.25, 0.3) is 0 Å². The Bertz CT molecular complexity index is 315. The van der Waals surface area contributed by atoms with E-state index in [1.165, 1.54) is 25.1 Å². The van der Waals surface area contributed by atoms with Gasteiger partial charge in [0.05, 0.1) is 6.20 Å². The van der Waals surface area contributed by atoms with Crippen LogP contribution < -0.4 is 5.32 Å². The molecule has 1 rings (SSSR count). The van der Waals surface area contributed by atoms with Crippen molar-refractivity contribution in [1.29, 1.82) is 0 Å². The molecular weight excluding hydrogens is 203 g/mol. The average Bonchev–Trinajstić information content (AvgIpc) is 2.26. The van der Waals surface area contributed by atoms with Crippen LogP contribution in [0.25, 0.3) is 0 Å². The van der Waals surface area contributed by atoms with Crippen molar-refractivity contribution < 1.29 is 4.39 Å². The minimum Gasteiger partial charge on any atom is -0.308 e. The fourth-order valence-corrected chi connectivity index (χ4v) is 1.78. The Morgan fingerprint density at radius 3 is 2.75 bits per heavy atom. The Morgan fingerprint density at radius 1 is 1.38 bits per heavy atom. The van der Waals surface area contributed by atoms with Gasteiger partial charge >= 0.3 is 0 Å². The molecule has 0 aliphatic carbocycles. The maximum absolute atomic E-state index is 13.0. The van der Waals surface area contributed by atoms with Crippen molar-refractivity contribution >= 4 is 0 Å². The number of unbranched alkanes of at least 4 members (excludes halogenated alkanes) is 1. The molecule has 16 heavy (non-hydrogen) atoms. The van der Waals surface area contributed by atoms with Gasteiger partial charge in [0.1, 0.15) is 5.82 Å². The second kappa shape index (κ2) is 6.59. The molecule has 90 valence electrons. The monoisotopic (exact) mass is 224 g/mol. The lowest BCUT2D eigenvalue weighted by Crippen LogP contribution is -2.28. The SMILES string of the molecule is CCCCC(C)NC(C)c1cncc(F)c1. The van der Waals surface area contributed by atoms with Gasteiger partial charge in [-0.1, -0.05) is 19.8 Å². The summed E-state index contributed by atoms with van der Waals surface area (Å²) >= 11 is 0. The summed E-state index contributed by atoms with van der Waals surface area (Å²) in [6, 6.07) is 2.14. The maximum atomic E-state index is 13.0. The van der Waals surface area contributed by atoms with E-state index in [9.17, 15) is 4.39 Å². The van der Waals surface area contributed by atoms with Gasteiger partial charge in [-0.2, -0.15) is 0 Å². The number of hydrogen-bond acceptors (Lipinski definition) is 2. The highest BCUT2D eigenvalue weighted by Crippen LogP contribution is 2.14. The van der Waals surface area contributed by atoms with Gasteiger partial charge in [0, 0.05) is 18.3 Å². The van der Waals surface area contributed by atoms with E-state index in [-0.39, 0.29) is 11.9 Å². The molecule has 0 radical (unpaired) electrons. The van der Waals surface area contributed by atoms with Crippen molar-refractivity contribution in [1.82, 2.24) is 10.3 Å². The summed E-state index contributed by atoms with van der Waals surface area (Å²) in [5.74, 6) is -0.271. The first kappa shape index (κ1) is 13.1. The molecule has 0 saturated heterocycles. The van der Waals surface area contributed by atoms with Gasteiger partial charge in [-0.05, 0) is 31.9 Å². The lowest BCUT2D eigenvalue weighted by Gasteiger charge is -2.19. The molecule has 1 aromatic rings. The van der Waals surface area contributed by atoms with Crippen LogP contribution in [0.2, 0.25) is 0 Å². The molecule has 0 aromatic carbocycles. The van der Waals surface area contributed by atoms with E-state index in [2.05, 4.69) is 24.1 Å². The summed E-state index contributed by atoms with van der Waals surface area (Å²) in [5, 5.41) is 3.45. The number of rotatable bonds is 6. The third-order valence-corrected chi connectivity index (χ3v) is 2.75. The highest BCUT2D eigenvalue weighted by Gasteiger charge is 2.09. The Morgan fingerprint density at radius 2 is 2.12 bits per heavy atom. The molecule has 0 fully saturated rings. The molecule has 1 N–H and O–H groups in total. The normalized spacial score (nSPS) is 14.8. The first-order chi connectivity index (χ1) is 7.63. The second-order valence-electron chi connectivity index (χ2n) is 4.37. The molecule has 0 spiro atoms. The summed E-state index contributed by atoms with van der Waals surface area (Å²) in [4.78, 5) is 3.86. The van der Waals surface area contributed by atoms with E-state index in [1.54, 1.807) is 6.20 Å². The van der Waals surface area contributed by atoms with E-state index in [0.29, 0.717) is 6.04 Å². The maximum Gasteiger partial charge on any atom is 0.141 e. The number of halogens is 1. The molecule has 2 nitrogen and oxygen atoms in total. The minimum absolute atomic E-state index is 0.148. The van der Waals surface area contributed by atoms with E-state index in [1.807, 2.05) is 6.92 Å². The molecule has 0 bridgehead atoms. The number of pyridine rings is 1. The number of nitrogens with zero attached hydrogens (tertiary/aromatic N) is 1. The third-order valence-electron chi connectivity index (χ3n) is 2.75. The van der Waals surface area contributed by atoms with Crippen molar-refractivity contribution in [2.75, 3.05) is 0 Å². The van der Waals surface area contributed by atoms with Crippen LogP contribution >= 0.6 is 0 Å². The molecule has 3 heteroatoms. The van der Waals surface area contributed by atoms with Crippen LogP contribution in [0.5, 0.6) is 0 Å². The van der Waals surface area contributed by atoms with Crippen LogP contribution in [0.3, 0.4) is 0 Å². The number of nitrogens with one attached hydrogen (secondary N) is 1. The van der Waals surface area contributed by atoms with Crippen LogP contribution in [-0.4, -0.2) is 11.0 Å². The van der Waals surface area contributed by atoms with Crippen molar-refractivity contribution in [3.05, 3.63) is 29.8 Å². The average molecular weight is 224 g/mol. The Hall–Kier alpha value is -0.960. The van der Waals surface area contributed by atoms with Crippen molar-refractivity contribution in [3.8, 4) is 0 Å². The van der Waals surface area contributed by atoms with Crippen LogP contribution in [0.1, 0.15) is 51.6 Å². The van der Waals surface area contributed by atoms with Gasteiger partial charge < -0.3 is 5.32 Å². The fraction of sp³-hybridized carbons (Fsp3) is 0.615. The van der Waals surface area contributed by atoms with Gasteiger partial charge in [-0.25, -0.2) is 4.39 Å². The first-order valence-corrected chi connectivity index (χ1v) is 6.00. The zero-order chi connectivity index (χ0) is 12.0. The summed E-state index contributed by atoms with van der Waals surface area (Å²) < 4.78 is 13.0. The van der Waals surface area contributed by atoms with Gasteiger partial charge in [0.15, 0.2) is 0 Å². The summed E-state index contributed by atoms with van der Waals surface area (Å²) in [6.45, 7) is 6.39. The molecule has 1 heterocycles. The van der Waals surface area contributed by atoms with Crippen LogP contribution in [-0.2, 0) is 0 Å². The standard InChI is InChI=1S/C13H21FN2/c1-4-5-6-10(2)16-11(3)12-7-13(14)9-15-8-12/h7-11,16H,4-6H2,1-3H3. The van der Waals surface area contributed by atoms with Crippen molar-refractivity contribution in [2.45, 2.75) is 52.1 Å². The first-order valence-electron chi connectivity index (χ1n) is 6.00. The summed E-state index contributed by atoms with van der Waals surface area (Å²) in [5.41, 5.74) is 0.906.